The Morgan fingerprint density at radius 2 is 2.17 bits per heavy atom. The van der Waals surface area contributed by atoms with Gasteiger partial charge in [0.05, 0.1) is 6.04 Å². The van der Waals surface area contributed by atoms with Gasteiger partial charge in [0.15, 0.2) is 0 Å². The van der Waals surface area contributed by atoms with Crippen LogP contribution in [0.3, 0.4) is 0 Å². The highest BCUT2D eigenvalue weighted by Gasteiger charge is 2.27. The van der Waals surface area contributed by atoms with Crippen LogP contribution < -0.4 is 10.6 Å². The summed E-state index contributed by atoms with van der Waals surface area (Å²) < 4.78 is 2.04. The Kier molecular flexibility index (Phi) is 4.66. The van der Waals surface area contributed by atoms with E-state index in [1.807, 2.05) is 29.8 Å². The van der Waals surface area contributed by atoms with Crippen LogP contribution in [0.1, 0.15) is 12.0 Å². The predicted octanol–water partition coefficient (Wildman–Crippen LogP) is 1.90. The zero-order valence-electron chi connectivity index (χ0n) is 13.8. The molecule has 1 aliphatic rings. The van der Waals surface area contributed by atoms with Crippen molar-refractivity contribution >= 4 is 34.4 Å². The number of rotatable bonds is 4. The maximum absolute atomic E-state index is 11.9. The molecule has 7 heteroatoms. The van der Waals surface area contributed by atoms with Crippen molar-refractivity contribution in [3.05, 3.63) is 35.0 Å². The number of nitrogens with zero attached hydrogens (tertiary/aromatic N) is 2. The van der Waals surface area contributed by atoms with Gasteiger partial charge in [-0.1, -0.05) is 17.7 Å². The first-order valence-corrected chi connectivity index (χ1v) is 8.33. The van der Waals surface area contributed by atoms with Crippen LogP contribution in [0.15, 0.2) is 24.4 Å². The molecular formula is C17H21ClN4O2. The minimum absolute atomic E-state index is 0.0646. The van der Waals surface area contributed by atoms with Gasteiger partial charge in [-0.05, 0) is 24.1 Å². The van der Waals surface area contributed by atoms with E-state index in [0.29, 0.717) is 24.5 Å². The molecule has 1 aromatic heterocycles. The summed E-state index contributed by atoms with van der Waals surface area (Å²) in [4.78, 5) is 25.0. The Labute approximate surface area is 145 Å². The lowest BCUT2D eigenvalue weighted by atomic mass is 10.1. The van der Waals surface area contributed by atoms with Gasteiger partial charge in [-0.15, -0.1) is 0 Å². The molecular weight excluding hydrogens is 328 g/mol. The molecule has 0 radical (unpaired) electrons. The third-order valence-electron chi connectivity index (χ3n) is 4.39. The highest BCUT2D eigenvalue weighted by Crippen LogP contribution is 2.24. The van der Waals surface area contributed by atoms with Gasteiger partial charge in [0, 0.05) is 55.7 Å². The molecule has 0 saturated carbocycles. The lowest BCUT2D eigenvalue weighted by Gasteiger charge is -2.13. The summed E-state index contributed by atoms with van der Waals surface area (Å²) in [7, 11) is 3.73. The van der Waals surface area contributed by atoms with E-state index in [2.05, 4.69) is 16.8 Å². The average molecular weight is 349 g/mol. The topological polar surface area (TPSA) is 66.4 Å². The minimum atomic E-state index is -0.230. The van der Waals surface area contributed by atoms with Crippen LogP contribution in [0.2, 0.25) is 5.02 Å². The van der Waals surface area contributed by atoms with Crippen molar-refractivity contribution in [1.29, 1.82) is 0 Å². The number of aromatic nitrogens is 1. The summed E-state index contributed by atoms with van der Waals surface area (Å²) in [6, 6.07) is 5.48. The molecule has 2 aromatic rings. The van der Waals surface area contributed by atoms with Crippen molar-refractivity contribution in [3.8, 4) is 0 Å². The van der Waals surface area contributed by atoms with Crippen LogP contribution >= 0.6 is 11.6 Å². The molecule has 6 nitrogen and oxygen atoms in total. The van der Waals surface area contributed by atoms with E-state index in [-0.39, 0.29) is 18.0 Å². The number of halogens is 1. The first-order valence-electron chi connectivity index (χ1n) is 7.96. The smallest absolute Gasteiger partial charge is 0.315 e. The number of carbonyl (C=O) groups excluding carboxylic acids is 2. The maximum atomic E-state index is 11.9. The maximum Gasteiger partial charge on any atom is 0.315 e. The molecule has 0 spiro atoms. The first-order chi connectivity index (χ1) is 11.4. The summed E-state index contributed by atoms with van der Waals surface area (Å²) in [5.41, 5.74) is 2.25. The second-order valence-electron chi connectivity index (χ2n) is 6.25. The number of benzene rings is 1. The summed E-state index contributed by atoms with van der Waals surface area (Å²) in [6.45, 7) is 1.10. The number of aryl methyl sites for hydroxylation is 1. The number of likely N-dealkylation sites (tertiary alicyclic amines) is 1. The Hall–Kier alpha value is -2.21. The van der Waals surface area contributed by atoms with E-state index < -0.39 is 0 Å². The Bertz CT molecular complexity index is 786. The largest absolute Gasteiger partial charge is 0.350 e. The summed E-state index contributed by atoms with van der Waals surface area (Å²) in [6.07, 6.45) is 3.16. The van der Waals surface area contributed by atoms with Crippen molar-refractivity contribution in [2.24, 2.45) is 7.05 Å². The number of carbonyl (C=O) groups is 2. The van der Waals surface area contributed by atoms with Gasteiger partial charge in [-0.25, -0.2) is 4.79 Å². The van der Waals surface area contributed by atoms with Crippen molar-refractivity contribution in [3.63, 3.8) is 0 Å². The summed E-state index contributed by atoms with van der Waals surface area (Å²) in [5.74, 6) is 0.0646. The highest BCUT2D eigenvalue weighted by molar-refractivity contribution is 6.31. The van der Waals surface area contributed by atoms with Gasteiger partial charge in [0.25, 0.3) is 0 Å². The van der Waals surface area contributed by atoms with Crippen LogP contribution in [0.25, 0.3) is 10.9 Å². The Morgan fingerprint density at radius 3 is 2.88 bits per heavy atom. The van der Waals surface area contributed by atoms with Gasteiger partial charge < -0.3 is 20.1 Å². The van der Waals surface area contributed by atoms with Crippen LogP contribution in [0.4, 0.5) is 4.79 Å². The van der Waals surface area contributed by atoms with E-state index in [1.165, 1.54) is 5.56 Å². The third kappa shape index (κ3) is 3.48. The molecule has 24 heavy (non-hydrogen) atoms. The monoisotopic (exact) mass is 348 g/mol. The van der Waals surface area contributed by atoms with Crippen molar-refractivity contribution in [2.75, 3.05) is 20.1 Å². The van der Waals surface area contributed by atoms with Gasteiger partial charge in [0.2, 0.25) is 5.91 Å². The first kappa shape index (κ1) is 16.6. The minimum Gasteiger partial charge on any atom is -0.350 e. The molecule has 1 aliphatic heterocycles. The van der Waals surface area contributed by atoms with Gasteiger partial charge in [-0.2, -0.15) is 0 Å². The zero-order valence-corrected chi connectivity index (χ0v) is 14.6. The SMILES string of the molecule is CN1C[C@@H](NC(=O)NCCc2cn(C)c3cc(Cl)ccc23)CC1=O. The highest BCUT2D eigenvalue weighted by atomic mass is 35.5. The zero-order chi connectivity index (χ0) is 17.3. The van der Waals surface area contributed by atoms with Gasteiger partial charge in [-0.3, -0.25) is 4.79 Å². The molecule has 1 saturated heterocycles. The van der Waals surface area contributed by atoms with E-state index >= 15 is 0 Å². The second kappa shape index (κ2) is 6.73. The van der Waals surface area contributed by atoms with Crippen LogP contribution in [0, 0.1) is 0 Å². The molecule has 128 valence electrons. The summed E-state index contributed by atoms with van der Waals surface area (Å²) in [5, 5.41) is 7.56. The van der Waals surface area contributed by atoms with Crippen molar-refractivity contribution in [2.45, 2.75) is 18.9 Å². The van der Waals surface area contributed by atoms with E-state index in [4.69, 9.17) is 11.6 Å². The molecule has 2 heterocycles. The standard InChI is InChI=1S/C17H21ClN4O2/c1-21-9-11(14-4-3-12(18)7-15(14)21)5-6-19-17(24)20-13-8-16(23)22(2)10-13/h3-4,7,9,13H,5-6,8,10H2,1-2H3,(H2,19,20,24)/t13-/m0/s1. The molecule has 3 amide bonds. The number of fused-ring (bicyclic) bond motifs is 1. The molecule has 3 rings (SSSR count). The second-order valence-corrected chi connectivity index (χ2v) is 6.69. The Balaban J connectivity index is 1.53. The fourth-order valence-corrected chi connectivity index (χ4v) is 3.31. The third-order valence-corrected chi connectivity index (χ3v) is 4.63. The molecule has 2 N–H and O–H groups in total. The molecule has 0 unspecified atom stereocenters. The molecule has 1 fully saturated rings. The van der Waals surface area contributed by atoms with Gasteiger partial charge >= 0.3 is 6.03 Å². The number of amides is 3. The van der Waals surface area contributed by atoms with Crippen LogP contribution in [-0.4, -0.2) is 47.6 Å². The quantitative estimate of drug-likeness (QED) is 0.886. The molecule has 1 aromatic carbocycles. The van der Waals surface area contributed by atoms with Crippen LogP contribution in [-0.2, 0) is 18.3 Å². The Morgan fingerprint density at radius 1 is 1.38 bits per heavy atom. The van der Waals surface area contributed by atoms with Crippen molar-refractivity contribution in [1.82, 2.24) is 20.1 Å². The number of likely N-dealkylation sites (N-methyl/N-ethyl adjacent to an activating group) is 1. The van der Waals surface area contributed by atoms with E-state index in [9.17, 15) is 9.59 Å². The van der Waals surface area contributed by atoms with Gasteiger partial charge in [0.1, 0.15) is 0 Å². The fourth-order valence-electron chi connectivity index (χ4n) is 3.15. The normalized spacial score (nSPS) is 17.5. The molecule has 0 bridgehead atoms. The molecule has 1 atom stereocenters. The predicted molar refractivity (Wildman–Crippen MR) is 94.2 cm³/mol. The number of hydrogen-bond donors (Lipinski definition) is 2. The molecule has 0 aliphatic carbocycles. The number of nitrogens with one attached hydrogen (secondary N) is 2. The lowest BCUT2D eigenvalue weighted by Crippen LogP contribution is -2.43. The van der Waals surface area contributed by atoms with E-state index in [1.54, 1.807) is 11.9 Å². The number of hydrogen-bond acceptors (Lipinski definition) is 2. The lowest BCUT2D eigenvalue weighted by molar-refractivity contribution is -0.126. The van der Waals surface area contributed by atoms with Crippen LogP contribution in [0.5, 0.6) is 0 Å². The fraction of sp³-hybridized carbons (Fsp3) is 0.412. The van der Waals surface area contributed by atoms with E-state index in [0.717, 1.165) is 17.3 Å². The summed E-state index contributed by atoms with van der Waals surface area (Å²) >= 11 is 6.04. The average Bonchev–Trinajstić information content (AvgIpc) is 2.99. The van der Waals surface area contributed by atoms with Crippen molar-refractivity contribution < 1.29 is 9.59 Å². The number of urea groups is 1.